The normalized spacial score (nSPS) is 18.6. The molecule has 1 aliphatic rings. The van der Waals surface area contributed by atoms with Crippen molar-refractivity contribution in [3.05, 3.63) is 91.0 Å². The lowest BCUT2D eigenvalue weighted by Crippen LogP contribution is -2.43. The van der Waals surface area contributed by atoms with Crippen LogP contribution in [-0.2, 0) is 27.2 Å². The molecule has 214 valence electrons. The summed E-state index contributed by atoms with van der Waals surface area (Å²) in [5, 5.41) is 6.16. The number of nitrogens with one attached hydrogen (secondary N) is 2. The van der Waals surface area contributed by atoms with E-state index < -0.39 is 30.1 Å². The van der Waals surface area contributed by atoms with Crippen LogP contribution in [0, 0.1) is 0 Å². The van der Waals surface area contributed by atoms with Gasteiger partial charge in [-0.1, -0.05) is 36.4 Å². The van der Waals surface area contributed by atoms with Crippen molar-refractivity contribution in [3.63, 3.8) is 0 Å². The van der Waals surface area contributed by atoms with E-state index in [0.717, 1.165) is 22.4 Å². The molecule has 0 aliphatic carbocycles. The first-order chi connectivity index (χ1) is 19.7. The van der Waals surface area contributed by atoms with Gasteiger partial charge in [-0.2, -0.15) is 0 Å². The molecule has 0 saturated carbocycles. The van der Waals surface area contributed by atoms with E-state index in [1.807, 2.05) is 59.3 Å². The number of amides is 1. The van der Waals surface area contributed by atoms with Gasteiger partial charge in [-0.3, -0.25) is 0 Å². The van der Waals surface area contributed by atoms with Gasteiger partial charge in [-0.05, 0) is 50.5 Å². The predicted octanol–water partition coefficient (Wildman–Crippen LogP) is 4.66. The summed E-state index contributed by atoms with van der Waals surface area (Å²) in [6, 6.07) is 15.3. The third kappa shape index (κ3) is 7.52. The molecular weight excluding hydrogens is 526 g/mol. The van der Waals surface area contributed by atoms with Crippen LogP contribution in [-0.4, -0.2) is 57.2 Å². The van der Waals surface area contributed by atoms with Gasteiger partial charge in [-0.25, -0.2) is 19.6 Å². The first-order valence-corrected chi connectivity index (χ1v) is 13.4. The predicted molar refractivity (Wildman–Crippen MR) is 149 cm³/mol. The van der Waals surface area contributed by atoms with E-state index in [2.05, 4.69) is 20.6 Å². The van der Waals surface area contributed by atoms with Gasteiger partial charge in [0.2, 0.25) is 0 Å². The largest absolute Gasteiger partial charge is 0.509 e. The summed E-state index contributed by atoms with van der Waals surface area (Å²) in [4.78, 5) is 33.4. The molecule has 11 nitrogen and oxygen atoms in total. The van der Waals surface area contributed by atoms with Gasteiger partial charge in [0.05, 0.1) is 18.6 Å². The molecule has 4 aromatic rings. The number of aromatic nitrogens is 3. The van der Waals surface area contributed by atoms with Crippen LogP contribution in [0.5, 0.6) is 0 Å². The fraction of sp³-hybridized carbons (Fsp3) is 0.333. The van der Waals surface area contributed by atoms with Crippen molar-refractivity contribution >= 4 is 12.2 Å². The Balaban J connectivity index is 1.25. The number of alkyl carbamates (subject to hydrolysis) is 1. The molecule has 0 radical (unpaired) electrons. The summed E-state index contributed by atoms with van der Waals surface area (Å²) in [5.41, 5.74) is 3.01. The third-order valence-electron chi connectivity index (χ3n) is 6.50. The highest BCUT2D eigenvalue weighted by Gasteiger charge is 2.42. The lowest BCUT2D eigenvalue weighted by atomic mass is 10.00. The molecule has 2 aromatic carbocycles. The zero-order valence-electron chi connectivity index (χ0n) is 23.2. The van der Waals surface area contributed by atoms with Crippen molar-refractivity contribution in [2.75, 3.05) is 6.54 Å². The maximum Gasteiger partial charge on any atom is 0.509 e. The maximum absolute atomic E-state index is 13.0. The summed E-state index contributed by atoms with van der Waals surface area (Å²) >= 11 is 0. The number of benzene rings is 2. The van der Waals surface area contributed by atoms with Crippen molar-refractivity contribution in [2.24, 2.45) is 0 Å². The number of carbonyl (C=O) groups is 2. The minimum Gasteiger partial charge on any atom is -0.444 e. The summed E-state index contributed by atoms with van der Waals surface area (Å²) in [6.07, 6.45) is 5.95. The van der Waals surface area contributed by atoms with E-state index in [0.29, 0.717) is 18.7 Å². The minimum atomic E-state index is -0.813. The molecule has 2 aromatic heterocycles. The monoisotopic (exact) mass is 559 g/mol. The zero-order valence-corrected chi connectivity index (χ0v) is 23.2. The second kappa shape index (κ2) is 12.3. The number of nitrogens with zero attached hydrogens (tertiary/aromatic N) is 3. The standard InChI is InChI=1S/C30H33N5O6/c1-30(2,3)41-29(37)39-26-17-33-24(14-20-7-9-22(10-8-20)25-16-32-19-38-25)27(26)40-28(36)34-15-21-5-4-6-23(13-21)35-12-11-31-18-35/h4-13,16,18-19,24,26-27,33H,14-15,17H2,1-3H3,(H,34,36)/t24-,26+,27+/m1/s1. The van der Waals surface area contributed by atoms with Gasteiger partial charge in [0.1, 0.15) is 5.60 Å². The number of ether oxygens (including phenoxy) is 3. The highest BCUT2D eigenvalue weighted by atomic mass is 16.7. The van der Waals surface area contributed by atoms with Crippen LogP contribution in [0.15, 0.2) is 84.3 Å². The van der Waals surface area contributed by atoms with Crippen LogP contribution in [0.3, 0.4) is 0 Å². The molecule has 0 unspecified atom stereocenters. The van der Waals surface area contributed by atoms with E-state index in [4.69, 9.17) is 18.6 Å². The van der Waals surface area contributed by atoms with Crippen molar-refractivity contribution < 1.29 is 28.2 Å². The number of hydrogen-bond donors (Lipinski definition) is 2. The molecule has 1 fully saturated rings. The Kier molecular flexibility index (Phi) is 8.34. The lowest BCUT2D eigenvalue weighted by Gasteiger charge is -2.26. The van der Waals surface area contributed by atoms with Crippen LogP contribution in [0.1, 0.15) is 31.9 Å². The van der Waals surface area contributed by atoms with Gasteiger partial charge in [0.15, 0.2) is 24.4 Å². The molecule has 0 spiro atoms. The molecule has 5 rings (SSSR count). The topological polar surface area (TPSA) is 130 Å². The quantitative estimate of drug-likeness (QED) is 0.296. The fourth-order valence-electron chi connectivity index (χ4n) is 4.61. The van der Waals surface area contributed by atoms with E-state index in [-0.39, 0.29) is 12.6 Å². The zero-order chi connectivity index (χ0) is 28.8. The number of rotatable bonds is 8. The molecular formula is C30H33N5O6. The smallest absolute Gasteiger partial charge is 0.444 e. The maximum atomic E-state index is 13.0. The molecule has 2 N–H and O–H groups in total. The average Bonchev–Trinajstić information content (AvgIpc) is 3.72. The SMILES string of the molecule is CC(C)(C)OC(=O)O[C@H]1CN[C@H](Cc2ccc(-c3cnco3)cc2)[C@@H]1OC(=O)NCc1cccc(-n2ccnc2)c1. The second-order valence-corrected chi connectivity index (χ2v) is 10.8. The highest BCUT2D eigenvalue weighted by molar-refractivity contribution is 5.68. The van der Waals surface area contributed by atoms with Crippen molar-refractivity contribution in [3.8, 4) is 17.0 Å². The number of imidazole rings is 1. The summed E-state index contributed by atoms with van der Waals surface area (Å²) < 4.78 is 24.0. The Morgan fingerprint density at radius 1 is 1.10 bits per heavy atom. The Hall–Kier alpha value is -4.64. The molecule has 11 heteroatoms. The van der Waals surface area contributed by atoms with Gasteiger partial charge in [-0.15, -0.1) is 0 Å². The summed E-state index contributed by atoms with van der Waals surface area (Å²) in [7, 11) is 0. The number of oxazole rings is 1. The van der Waals surface area contributed by atoms with Crippen molar-refractivity contribution in [1.82, 2.24) is 25.2 Å². The minimum absolute atomic E-state index is 0.257. The van der Waals surface area contributed by atoms with Crippen LogP contribution in [0.4, 0.5) is 9.59 Å². The Bertz CT molecular complexity index is 1430. The van der Waals surface area contributed by atoms with E-state index in [9.17, 15) is 9.59 Å². The summed E-state index contributed by atoms with van der Waals surface area (Å²) in [5.74, 6) is 0.676. The van der Waals surface area contributed by atoms with Crippen molar-refractivity contribution in [2.45, 2.75) is 57.6 Å². The molecule has 3 atom stereocenters. The molecule has 41 heavy (non-hydrogen) atoms. The van der Waals surface area contributed by atoms with Gasteiger partial charge >= 0.3 is 12.2 Å². The summed E-state index contributed by atoms with van der Waals surface area (Å²) in [6.45, 7) is 5.85. The molecule has 1 aliphatic heterocycles. The van der Waals surface area contributed by atoms with Gasteiger partial charge in [0, 0.05) is 36.7 Å². The Labute approximate surface area is 237 Å². The van der Waals surface area contributed by atoms with E-state index in [1.165, 1.54) is 6.39 Å². The Morgan fingerprint density at radius 3 is 2.63 bits per heavy atom. The van der Waals surface area contributed by atoms with Crippen LogP contribution in [0.25, 0.3) is 17.0 Å². The molecule has 1 amide bonds. The fourth-order valence-corrected chi connectivity index (χ4v) is 4.61. The molecule has 1 saturated heterocycles. The first kappa shape index (κ1) is 27.9. The van der Waals surface area contributed by atoms with Crippen molar-refractivity contribution in [1.29, 1.82) is 0 Å². The molecule has 3 heterocycles. The van der Waals surface area contributed by atoms with Crippen LogP contribution >= 0.6 is 0 Å². The number of hydrogen-bond acceptors (Lipinski definition) is 9. The number of carbonyl (C=O) groups excluding carboxylic acids is 2. The lowest BCUT2D eigenvalue weighted by molar-refractivity contribution is -0.0518. The van der Waals surface area contributed by atoms with Gasteiger partial charge < -0.3 is 33.8 Å². The first-order valence-electron chi connectivity index (χ1n) is 13.4. The average molecular weight is 560 g/mol. The van der Waals surface area contributed by atoms with Gasteiger partial charge in [0.25, 0.3) is 0 Å². The second-order valence-electron chi connectivity index (χ2n) is 10.8. The third-order valence-corrected chi connectivity index (χ3v) is 6.50. The van der Waals surface area contributed by atoms with E-state index >= 15 is 0 Å². The van der Waals surface area contributed by atoms with E-state index in [1.54, 1.807) is 39.5 Å². The Morgan fingerprint density at radius 2 is 1.93 bits per heavy atom. The van der Waals surface area contributed by atoms with Crippen LogP contribution in [0.2, 0.25) is 0 Å². The highest BCUT2D eigenvalue weighted by Crippen LogP contribution is 2.24. The molecule has 0 bridgehead atoms. The van der Waals surface area contributed by atoms with Crippen LogP contribution < -0.4 is 10.6 Å².